The first-order valence-electron chi connectivity index (χ1n) is 7.92. The molecule has 1 aromatic carbocycles. The van der Waals surface area contributed by atoms with Crippen molar-refractivity contribution in [3.05, 3.63) is 46.8 Å². The smallest absolute Gasteiger partial charge is 0.153 e. The molecule has 0 spiro atoms. The van der Waals surface area contributed by atoms with Crippen LogP contribution in [0.1, 0.15) is 49.0 Å². The number of aryl methyl sites for hydroxylation is 1. The summed E-state index contributed by atoms with van der Waals surface area (Å²) in [6.45, 7) is 5.38. The van der Waals surface area contributed by atoms with Gasteiger partial charge in [0, 0.05) is 30.5 Å². The molecule has 1 aliphatic rings. The summed E-state index contributed by atoms with van der Waals surface area (Å²) in [5, 5.41) is 16.7. The van der Waals surface area contributed by atoms with Crippen LogP contribution in [0, 0.1) is 17.1 Å². The Morgan fingerprint density at radius 2 is 2.30 bits per heavy atom. The molecule has 120 valence electrons. The van der Waals surface area contributed by atoms with Crippen molar-refractivity contribution in [1.82, 2.24) is 20.1 Å². The molecular weight excluding hydrogens is 293 g/mol. The van der Waals surface area contributed by atoms with E-state index >= 15 is 0 Å². The molecule has 1 N–H and O–H groups in total. The topological polar surface area (TPSA) is 66.5 Å². The van der Waals surface area contributed by atoms with Crippen LogP contribution in [-0.2, 0) is 19.5 Å². The number of fused-ring (bicyclic) bond motifs is 1. The Balaban J connectivity index is 1.63. The minimum absolute atomic E-state index is 0.249. The van der Waals surface area contributed by atoms with E-state index in [9.17, 15) is 4.39 Å². The molecule has 0 fully saturated rings. The lowest BCUT2D eigenvalue weighted by atomic mass is 10.1. The lowest BCUT2D eigenvalue weighted by Gasteiger charge is -2.23. The summed E-state index contributed by atoms with van der Waals surface area (Å²) in [6.07, 6.45) is 1.85. The SMILES string of the molecule is CC(C)c1nc2n(n1)CC(NCc1ccc(C#N)cc1F)CC2. The molecule has 0 amide bonds. The molecule has 5 nitrogen and oxygen atoms in total. The van der Waals surface area contributed by atoms with E-state index in [2.05, 4.69) is 29.2 Å². The Bertz CT molecular complexity index is 744. The van der Waals surface area contributed by atoms with E-state index in [1.165, 1.54) is 6.07 Å². The quantitative estimate of drug-likeness (QED) is 0.942. The highest BCUT2D eigenvalue weighted by atomic mass is 19.1. The second-order valence-corrected chi connectivity index (χ2v) is 6.26. The number of nitriles is 1. The van der Waals surface area contributed by atoms with Crippen molar-refractivity contribution < 1.29 is 4.39 Å². The molecule has 0 bridgehead atoms. The number of benzene rings is 1. The number of halogens is 1. The Morgan fingerprint density at radius 1 is 1.48 bits per heavy atom. The number of hydrogen-bond acceptors (Lipinski definition) is 4. The third-order valence-electron chi connectivity index (χ3n) is 4.15. The summed E-state index contributed by atoms with van der Waals surface area (Å²) < 4.78 is 15.9. The fraction of sp³-hybridized carbons (Fsp3) is 0.471. The number of aromatic nitrogens is 3. The van der Waals surface area contributed by atoms with Gasteiger partial charge in [0.15, 0.2) is 5.82 Å². The normalized spacial score (nSPS) is 17.1. The van der Waals surface area contributed by atoms with Gasteiger partial charge >= 0.3 is 0 Å². The molecule has 0 saturated carbocycles. The number of nitrogens with zero attached hydrogens (tertiary/aromatic N) is 4. The zero-order valence-corrected chi connectivity index (χ0v) is 13.4. The van der Waals surface area contributed by atoms with Crippen LogP contribution in [0.5, 0.6) is 0 Å². The lowest BCUT2D eigenvalue weighted by molar-refractivity contribution is 0.355. The van der Waals surface area contributed by atoms with Crippen molar-refractivity contribution in [3.8, 4) is 6.07 Å². The number of nitrogens with one attached hydrogen (secondary N) is 1. The third-order valence-corrected chi connectivity index (χ3v) is 4.15. The Morgan fingerprint density at radius 3 is 3.00 bits per heavy atom. The van der Waals surface area contributed by atoms with Crippen molar-refractivity contribution >= 4 is 0 Å². The molecule has 0 saturated heterocycles. The van der Waals surface area contributed by atoms with E-state index < -0.39 is 0 Å². The predicted octanol–water partition coefficient (Wildman–Crippen LogP) is 2.52. The number of hydrogen-bond donors (Lipinski definition) is 1. The van der Waals surface area contributed by atoms with E-state index in [0.717, 1.165) is 31.0 Å². The highest BCUT2D eigenvalue weighted by molar-refractivity contribution is 5.32. The summed E-state index contributed by atoms with van der Waals surface area (Å²) in [5.41, 5.74) is 0.925. The predicted molar refractivity (Wildman–Crippen MR) is 84.2 cm³/mol. The first-order chi connectivity index (χ1) is 11.1. The van der Waals surface area contributed by atoms with E-state index in [1.54, 1.807) is 12.1 Å². The van der Waals surface area contributed by atoms with E-state index in [-0.39, 0.29) is 11.9 Å². The second kappa shape index (κ2) is 6.47. The summed E-state index contributed by atoms with van der Waals surface area (Å²) in [7, 11) is 0. The van der Waals surface area contributed by atoms with Crippen LogP contribution >= 0.6 is 0 Å². The first kappa shape index (κ1) is 15.6. The zero-order valence-electron chi connectivity index (χ0n) is 13.4. The molecule has 6 heteroatoms. The Labute approximate surface area is 135 Å². The van der Waals surface area contributed by atoms with Gasteiger partial charge in [-0.25, -0.2) is 14.1 Å². The summed E-state index contributed by atoms with van der Waals surface area (Å²) in [4.78, 5) is 4.57. The molecular formula is C17H20FN5. The van der Waals surface area contributed by atoms with Gasteiger partial charge in [-0.05, 0) is 18.6 Å². The molecule has 2 heterocycles. The Hall–Kier alpha value is -2.26. The molecule has 1 atom stereocenters. The van der Waals surface area contributed by atoms with E-state index in [4.69, 9.17) is 5.26 Å². The fourth-order valence-corrected chi connectivity index (χ4v) is 2.75. The van der Waals surface area contributed by atoms with Crippen molar-refractivity contribution in [3.63, 3.8) is 0 Å². The van der Waals surface area contributed by atoms with Gasteiger partial charge in [0.2, 0.25) is 0 Å². The molecule has 3 rings (SSSR count). The van der Waals surface area contributed by atoms with Crippen LogP contribution < -0.4 is 5.32 Å². The van der Waals surface area contributed by atoms with Crippen LogP contribution in [-0.4, -0.2) is 20.8 Å². The number of rotatable bonds is 4. The standard InChI is InChI=1S/C17H20FN5/c1-11(2)17-21-16-6-5-14(10-23(16)22-17)20-9-13-4-3-12(8-19)7-15(13)18/h3-4,7,11,14,20H,5-6,9-10H2,1-2H3. The maximum atomic E-state index is 13.9. The average molecular weight is 313 g/mol. The van der Waals surface area contributed by atoms with Gasteiger partial charge in [0.25, 0.3) is 0 Å². The molecule has 1 unspecified atom stereocenters. The summed E-state index contributed by atoms with van der Waals surface area (Å²) in [6, 6.07) is 6.79. The van der Waals surface area contributed by atoms with Gasteiger partial charge in [-0.15, -0.1) is 0 Å². The molecule has 0 aliphatic carbocycles. The maximum Gasteiger partial charge on any atom is 0.153 e. The molecule has 0 radical (unpaired) electrons. The minimum Gasteiger partial charge on any atom is -0.308 e. The van der Waals surface area contributed by atoms with Crippen LogP contribution in [0.2, 0.25) is 0 Å². The van der Waals surface area contributed by atoms with Crippen LogP contribution in [0.15, 0.2) is 18.2 Å². The molecule has 1 aliphatic heterocycles. The largest absolute Gasteiger partial charge is 0.308 e. The fourth-order valence-electron chi connectivity index (χ4n) is 2.75. The lowest BCUT2D eigenvalue weighted by Crippen LogP contribution is -2.37. The van der Waals surface area contributed by atoms with Crippen molar-refractivity contribution in [2.45, 2.75) is 51.7 Å². The summed E-state index contributed by atoms with van der Waals surface area (Å²) in [5.74, 6) is 1.92. The van der Waals surface area contributed by atoms with Gasteiger partial charge in [0.1, 0.15) is 11.6 Å². The highest BCUT2D eigenvalue weighted by Gasteiger charge is 2.22. The van der Waals surface area contributed by atoms with Gasteiger partial charge in [-0.2, -0.15) is 10.4 Å². The van der Waals surface area contributed by atoms with Gasteiger partial charge in [0.05, 0.1) is 18.2 Å². The van der Waals surface area contributed by atoms with Gasteiger partial charge in [-0.3, -0.25) is 0 Å². The first-order valence-corrected chi connectivity index (χ1v) is 7.92. The van der Waals surface area contributed by atoms with Crippen molar-refractivity contribution in [2.24, 2.45) is 0 Å². The van der Waals surface area contributed by atoms with Crippen LogP contribution in [0.25, 0.3) is 0 Å². The van der Waals surface area contributed by atoms with E-state index in [1.807, 2.05) is 10.8 Å². The van der Waals surface area contributed by atoms with Gasteiger partial charge < -0.3 is 5.32 Å². The van der Waals surface area contributed by atoms with Crippen molar-refractivity contribution in [1.29, 1.82) is 5.26 Å². The van der Waals surface area contributed by atoms with E-state index in [0.29, 0.717) is 23.6 Å². The monoisotopic (exact) mass is 313 g/mol. The molecule has 23 heavy (non-hydrogen) atoms. The summed E-state index contributed by atoms with van der Waals surface area (Å²) >= 11 is 0. The maximum absolute atomic E-state index is 13.9. The molecule has 2 aromatic rings. The third kappa shape index (κ3) is 3.40. The Kier molecular flexibility index (Phi) is 4.39. The van der Waals surface area contributed by atoms with Crippen LogP contribution in [0.3, 0.4) is 0 Å². The molecule has 1 aromatic heterocycles. The highest BCUT2D eigenvalue weighted by Crippen LogP contribution is 2.18. The minimum atomic E-state index is -0.337. The average Bonchev–Trinajstić information content (AvgIpc) is 2.97. The van der Waals surface area contributed by atoms with Crippen LogP contribution in [0.4, 0.5) is 4.39 Å². The van der Waals surface area contributed by atoms with Crippen molar-refractivity contribution in [2.75, 3.05) is 0 Å². The second-order valence-electron chi connectivity index (χ2n) is 6.26. The van der Waals surface area contributed by atoms with Gasteiger partial charge in [-0.1, -0.05) is 19.9 Å². The zero-order chi connectivity index (χ0) is 16.4.